The second-order valence-electron chi connectivity index (χ2n) is 3.73. The van der Waals surface area contributed by atoms with Crippen molar-refractivity contribution in [1.29, 1.82) is 0 Å². The minimum Gasteiger partial charge on any atom is -0.466 e. The Balaban J connectivity index is 2.46. The highest BCUT2D eigenvalue weighted by atomic mass is 16.5. The van der Waals surface area contributed by atoms with Crippen LogP contribution in [0.25, 0.3) is 0 Å². The summed E-state index contributed by atoms with van der Waals surface area (Å²) in [5.74, 6) is -0.676. The zero-order valence-corrected chi connectivity index (χ0v) is 9.82. The van der Waals surface area contributed by atoms with E-state index in [2.05, 4.69) is 5.32 Å². The summed E-state index contributed by atoms with van der Waals surface area (Å²) in [5.41, 5.74) is 0. The van der Waals surface area contributed by atoms with Crippen molar-refractivity contribution < 1.29 is 19.1 Å². The highest BCUT2D eigenvalue weighted by molar-refractivity contribution is 5.78. The third-order valence-electron chi connectivity index (χ3n) is 2.59. The molecular formula is C11H19NO4. The summed E-state index contributed by atoms with van der Waals surface area (Å²) in [7, 11) is 0. The van der Waals surface area contributed by atoms with E-state index in [4.69, 9.17) is 9.47 Å². The molecule has 1 heterocycles. The molecule has 1 rings (SSSR count). The lowest BCUT2D eigenvalue weighted by Crippen LogP contribution is -2.46. The number of rotatable bonds is 4. The predicted octanol–water partition coefficient (Wildman–Crippen LogP) is 0.481. The van der Waals surface area contributed by atoms with Crippen molar-refractivity contribution in [3.8, 4) is 0 Å². The number of ether oxygens (including phenoxy) is 2. The van der Waals surface area contributed by atoms with Gasteiger partial charge in [0.1, 0.15) is 6.04 Å². The van der Waals surface area contributed by atoms with Crippen LogP contribution in [0, 0.1) is 5.92 Å². The van der Waals surface area contributed by atoms with E-state index in [0.29, 0.717) is 26.2 Å². The summed E-state index contributed by atoms with van der Waals surface area (Å²) < 4.78 is 9.87. The minimum absolute atomic E-state index is 0.185. The molecule has 0 aromatic carbocycles. The van der Waals surface area contributed by atoms with Gasteiger partial charge in [-0.05, 0) is 33.2 Å². The van der Waals surface area contributed by atoms with Crippen LogP contribution in [-0.4, -0.2) is 37.7 Å². The van der Waals surface area contributed by atoms with Crippen LogP contribution in [0.3, 0.4) is 0 Å². The first kappa shape index (κ1) is 13.0. The van der Waals surface area contributed by atoms with Crippen molar-refractivity contribution in [2.75, 3.05) is 19.8 Å². The van der Waals surface area contributed by atoms with E-state index in [1.54, 1.807) is 13.8 Å². The van der Waals surface area contributed by atoms with Crippen LogP contribution in [0.4, 0.5) is 0 Å². The Bertz CT molecular complexity index is 230. The highest BCUT2D eigenvalue weighted by Crippen LogP contribution is 2.18. The normalized spacial score (nSPS) is 24.9. The smallest absolute Gasteiger partial charge is 0.323 e. The molecule has 0 amide bonds. The average molecular weight is 229 g/mol. The lowest BCUT2D eigenvalue weighted by Gasteiger charge is -2.27. The van der Waals surface area contributed by atoms with Crippen LogP contribution < -0.4 is 5.32 Å². The summed E-state index contributed by atoms with van der Waals surface area (Å²) in [6, 6.07) is -0.372. The van der Waals surface area contributed by atoms with Crippen LogP contribution in [0.1, 0.15) is 26.7 Å². The zero-order valence-electron chi connectivity index (χ0n) is 9.82. The van der Waals surface area contributed by atoms with Crippen molar-refractivity contribution in [2.45, 2.75) is 32.7 Å². The first-order chi connectivity index (χ1) is 7.69. The van der Waals surface area contributed by atoms with Gasteiger partial charge in [0.15, 0.2) is 0 Å². The molecule has 92 valence electrons. The number of carbonyl (C=O) groups is 2. The Hall–Kier alpha value is -1.10. The number of hydrogen-bond donors (Lipinski definition) is 1. The van der Waals surface area contributed by atoms with E-state index in [1.807, 2.05) is 0 Å². The van der Waals surface area contributed by atoms with E-state index in [1.165, 1.54) is 0 Å². The maximum absolute atomic E-state index is 11.5. The third-order valence-corrected chi connectivity index (χ3v) is 2.59. The minimum atomic E-state index is -0.372. The van der Waals surface area contributed by atoms with Gasteiger partial charge < -0.3 is 14.8 Å². The fourth-order valence-corrected chi connectivity index (χ4v) is 1.81. The van der Waals surface area contributed by atoms with E-state index >= 15 is 0 Å². The van der Waals surface area contributed by atoms with Gasteiger partial charge in [0, 0.05) is 0 Å². The number of piperidine rings is 1. The van der Waals surface area contributed by atoms with Crippen molar-refractivity contribution >= 4 is 11.9 Å². The molecule has 0 aromatic heterocycles. The lowest BCUT2D eigenvalue weighted by molar-refractivity contribution is -0.152. The Labute approximate surface area is 95.5 Å². The molecular weight excluding hydrogens is 210 g/mol. The van der Waals surface area contributed by atoms with E-state index < -0.39 is 0 Å². The number of hydrogen-bond acceptors (Lipinski definition) is 5. The molecule has 16 heavy (non-hydrogen) atoms. The first-order valence-electron chi connectivity index (χ1n) is 5.75. The Kier molecular flexibility index (Phi) is 5.25. The molecule has 0 saturated carbocycles. The maximum atomic E-state index is 11.5. The Morgan fingerprint density at radius 1 is 1.19 bits per heavy atom. The number of nitrogens with one attached hydrogen (secondary N) is 1. The number of carbonyl (C=O) groups excluding carboxylic acids is 2. The summed E-state index contributed by atoms with van der Waals surface area (Å²) in [4.78, 5) is 23.0. The van der Waals surface area contributed by atoms with Crippen LogP contribution in [0.5, 0.6) is 0 Å². The lowest BCUT2D eigenvalue weighted by atomic mass is 9.92. The molecule has 0 aromatic rings. The van der Waals surface area contributed by atoms with Crippen molar-refractivity contribution in [2.24, 2.45) is 5.92 Å². The molecule has 1 aliphatic heterocycles. The molecule has 1 N–H and O–H groups in total. The molecule has 0 radical (unpaired) electrons. The average Bonchev–Trinajstić information content (AvgIpc) is 2.30. The maximum Gasteiger partial charge on any atom is 0.323 e. The van der Waals surface area contributed by atoms with Crippen molar-refractivity contribution in [3.63, 3.8) is 0 Å². The second-order valence-corrected chi connectivity index (χ2v) is 3.73. The first-order valence-corrected chi connectivity index (χ1v) is 5.75. The van der Waals surface area contributed by atoms with Crippen molar-refractivity contribution in [1.82, 2.24) is 5.32 Å². The van der Waals surface area contributed by atoms with Crippen LogP contribution in [0.15, 0.2) is 0 Å². The van der Waals surface area contributed by atoms with Crippen LogP contribution >= 0.6 is 0 Å². The van der Waals surface area contributed by atoms with E-state index in [0.717, 1.165) is 6.42 Å². The van der Waals surface area contributed by atoms with Gasteiger partial charge in [-0.1, -0.05) is 0 Å². The fraction of sp³-hybridized carbons (Fsp3) is 0.818. The van der Waals surface area contributed by atoms with Gasteiger partial charge in [0.25, 0.3) is 0 Å². The SMILES string of the molecule is CCOC(=O)[C@H]1CCN[C@H](C(=O)OCC)C1. The Morgan fingerprint density at radius 3 is 2.44 bits per heavy atom. The molecule has 0 spiro atoms. The molecule has 5 nitrogen and oxygen atoms in total. The zero-order chi connectivity index (χ0) is 12.0. The molecule has 1 fully saturated rings. The molecule has 1 saturated heterocycles. The quantitative estimate of drug-likeness (QED) is 0.710. The largest absolute Gasteiger partial charge is 0.466 e. The van der Waals surface area contributed by atoms with Gasteiger partial charge >= 0.3 is 11.9 Å². The van der Waals surface area contributed by atoms with Crippen molar-refractivity contribution in [3.05, 3.63) is 0 Å². The molecule has 0 aliphatic carbocycles. The second kappa shape index (κ2) is 6.48. The van der Waals surface area contributed by atoms with Gasteiger partial charge in [-0.3, -0.25) is 9.59 Å². The standard InChI is InChI=1S/C11H19NO4/c1-3-15-10(13)8-5-6-12-9(7-8)11(14)16-4-2/h8-9,12H,3-7H2,1-2H3/t8-,9-/m0/s1. The summed E-state index contributed by atoms with van der Waals surface area (Å²) in [5, 5.41) is 3.05. The number of esters is 2. The van der Waals surface area contributed by atoms with Crippen LogP contribution in [-0.2, 0) is 19.1 Å². The molecule has 0 unspecified atom stereocenters. The van der Waals surface area contributed by atoms with Crippen LogP contribution in [0.2, 0.25) is 0 Å². The van der Waals surface area contributed by atoms with Gasteiger partial charge in [-0.25, -0.2) is 0 Å². The van der Waals surface area contributed by atoms with E-state index in [9.17, 15) is 9.59 Å². The summed E-state index contributed by atoms with van der Waals surface area (Å²) in [6.07, 6.45) is 1.19. The summed E-state index contributed by atoms with van der Waals surface area (Å²) >= 11 is 0. The summed E-state index contributed by atoms with van der Waals surface area (Å²) in [6.45, 7) is 4.94. The topological polar surface area (TPSA) is 64.6 Å². The van der Waals surface area contributed by atoms with Gasteiger partial charge in [0.05, 0.1) is 19.1 Å². The van der Waals surface area contributed by atoms with Gasteiger partial charge in [0.2, 0.25) is 0 Å². The third kappa shape index (κ3) is 3.48. The van der Waals surface area contributed by atoms with Gasteiger partial charge in [-0.15, -0.1) is 0 Å². The van der Waals surface area contributed by atoms with E-state index in [-0.39, 0.29) is 23.9 Å². The monoisotopic (exact) mass is 229 g/mol. The molecule has 5 heteroatoms. The predicted molar refractivity (Wildman–Crippen MR) is 57.8 cm³/mol. The molecule has 2 atom stereocenters. The van der Waals surface area contributed by atoms with Gasteiger partial charge in [-0.2, -0.15) is 0 Å². The Morgan fingerprint density at radius 2 is 1.81 bits per heavy atom. The molecule has 0 bridgehead atoms. The highest BCUT2D eigenvalue weighted by Gasteiger charge is 2.32. The fourth-order valence-electron chi connectivity index (χ4n) is 1.81. The molecule has 1 aliphatic rings.